The van der Waals surface area contributed by atoms with Crippen LogP contribution in [0.4, 0.5) is 0 Å². The van der Waals surface area contributed by atoms with Crippen molar-refractivity contribution in [3.63, 3.8) is 0 Å². The predicted molar refractivity (Wildman–Crippen MR) is 60.4 cm³/mol. The van der Waals surface area contributed by atoms with Crippen LogP contribution >= 0.6 is 0 Å². The van der Waals surface area contributed by atoms with E-state index < -0.39 is 0 Å². The maximum Gasteiger partial charge on any atom is 0.222 e. The van der Waals surface area contributed by atoms with Gasteiger partial charge in [-0.25, -0.2) is 0 Å². The first-order valence-electron chi connectivity index (χ1n) is 5.62. The molecule has 0 saturated carbocycles. The lowest BCUT2D eigenvalue weighted by Crippen LogP contribution is -2.47. The summed E-state index contributed by atoms with van der Waals surface area (Å²) >= 11 is 0. The number of hydrogen-bond donors (Lipinski definition) is 2. The van der Waals surface area contributed by atoms with Gasteiger partial charge in [0.1, 0.15) is 0 Å². The lowest BCUT2D eigenvalue weighted by atomic mass is 9.89. The Kier molecular flexibility index (Phi) is 6.75. The van der Waals surface area contributed by atoms with E-state index in [9.17, 15) is 9.59 Å². The van der Waals surface area contributed by atoms with Crippen molar-refractivity contribution in [2.75, 3.05) is 6.54 Å². The van der Waals surface area contributed by atoms with E-state index in [0.29, 0.717) is 19.4 Å². The summed E-state index contributed by atoms with van der Waals surface area (Å²) in [5, 5.41) is 5.52. The molecule has 0 radical (unpaired) electrons. The van der Waals surface area contributed by atoms with Crippen LogP contribution in [-0.2, 0) is 9.59 Å². The number of nitrogens with one attached hydrogen (secondary N) is 2. The molecule has 0 unspecified atom stereocenters. The van der Waals surface area contributed by atoms with Gasteiger partial charge in [0.2, 0.25) is 12.3 Å². The highest BCUT2D eigenvalue weighted by Crippen LogP contribution is 2.19. The van der Waals surface area contributed by atoms with E-state index >= 15 is 0 Å². The summed E-state index contributed by atoms with van der Waals surface area (Å²) in [5.74, 6) is 0.00917. The third kappa shape index (κ3) is 4.81. The Balaban J connectivity index is 4.05. The molecule has 0 aliphatic carbocycles. The van der Waals surface area contributed by atoms with Gasteiger partial charge in [0.25, 0.3) is 0 Å². The Labute approximate surface area is 91.8 Å². The van der Waals surface area contributed by atoms with Gasteiger partial charge in [0.05, 0.1) is 0 Å². The second-order valence-electron chi connectivity index (χ2n) is 3.71. The first kappa shape index (κ1) is 13.9. The normalized spacial score (nSPS) is 10.9. The molecule has 4 nitrogen and oxygen atoms in total. The molecule has 88 valence electrons. The van der Waals surface area contributed by atoms with Gasteiger partial charge >= 0.3 is 0 Å². The first-order chi connectivity index (χ1) is 7.14. The van der Waals surface area contributed by atoms with E-state index in [-0.39, 0.29) is 11.4 Å². The second kappa shape index (κ2) is 7.26. The zero-order chi connectivity index (χ0) is 11.7. The minimum absolute atomic E-state index is 0.00917. The van der Waals surface area contributed by atoms with Crippen LogP contribution in [0.5, 0.6) is 0 Å². The lowest BCUT2D eigenvalue weighted by molar-refractivity contribution is -0.123. The van der Waals surface area contributed by atoms with E-state index in [1.165, 1.54) is 0 Å². The van der Waals surface area contributed by atoms with Crippen molar-refractivity contribution < 1.29 is 9.59 Å². The quantitative estimate of drug-likeness (QED) is 0.471. The number of carbonyl (C=O) groups excluding carboxylic acids is 2. The van der Waals surface area contributed by atoms with E-state index in [4.69, 9.17) is 0 Å². The van der Waals surface area contributed by atoms with Crippen LogP contribution < -0.4 is 10.6 Å². The van der Waals surface area contributed by atoms with E-state index in [2.05, 4.69) is 31.4 Å². The molecule has 0 aliphatic rings. The Bertz CT molecular complexity index is 192. The maximum absolute atomic E-state index is 11.5. The minimum Gasteiger partial charge on any atom is -0.358 e. The van der Waals surface area contributed by atoms with Gasteiger partial charge in [-0.1, -0.05) is 20.8 Å². The van der Waals surface area contributed by atoms with Gasteiger partial charge in [-0.3, -0.25) is 9.59 Å². The maximum atomic E-state index is 11.5. The summed E-state index contributed by atoms with van der Waals surface area (Å²) in [4.78, 5) is 21.5. The van der Waals surface area contributed by atoms with Gasteiger partial charge in [-0.2, -0.15) is 0 Å². The van der Waals surface area contributed by atoms with Crippen molar-refractivity contribution >= 4 is 12.3 Å². The second-order valence-corrected chi connectivity index (χ2v) is 3.71. The Morgan fingerprint density at radius 2 is 1.73 bits per heavy atom. The number of rotatable bonds is 8. The molecule has 0 aromatic heterocycles. The highest BCUT2D eigenvalue weighted by molar-refractivity contribution is 5.77. The molecule has 0 saturated heterocycles. The molecular weight excluding hydrogens is 192 g/mol. The molecule has 0 heterocycles. The zero-order valence-electron chi connectivity index (χ0n) is 9.93. The van der Waals surface area contributed by atoms with E-state index in [1.54, 1.807) is 0 Å². The fourth-order valence-electron chi connectivity index (χ4n) is 1.62. The zero-order valence-corrected chi connectivity index (χ0v) is 9.93. The van der Waals surface area contributed by atoms with Gasteiger partial charge in [0, 0.05) is 18.5 Å². The van der Waals surface area contributed by atoms with Crippen LogP contribution in [0.1, 0.15) is 46.5 Å². The molecule has 15 heavy (non-hydrogen) atoms. The number of hydrogen-bond acceptors (Lipinski definition) is 2. The molecule has 0 atom stereocenters. The van der Waals surface area contributed by atoms with E-state index in [1.807, 2.05) is 0 Å². The summed E-state index contributed by atoms with van der Waals surface area (Å²) in [7, 11) is 0. The lowest BCUT2D eigenvalue weighted by Gasteiger charge is -2.31. The topological polar surface area (TPSA) is 58.2 Å². The predicted octanol–water partition coefficient (Wildman–Crippen LogP) is 1.21. The third-order valence-corrected chi connectivity index (χ3v) is 3.01. The van der Waals surface area contributed by atoms with Crippen LogP contribution in [0.15, 0.2) is 0 Å². The van der Waals surface area contributed by atoms with Crippen LogP contribution in [0.25, 0.3) is 0 Å². The van der Waals surface area contributed by atoms with Gasteiger partial charge in [0.15, 0.2) is 0 Å². The molecule has 0 spiro atoms. The van der Waals surface area contributed by atoms with Crippen LogP contribution in [0.2, 0.25) is 0 Å². The average Bonchev–Trinajstić information content (AvgIpc) is 2.26. The van der Waals surface area contributed by atoms with E-state index in [0.717, 1.165) is 19.3 Å². The van der Waals surface area contributed by atoms with Crippen LogP contribution in [0.3, 0.4) is 0 Å². The monoisotopic (exact) mass is 214 g/mol. The van der Waals surface area contributed by atoms with Crippen LogP contribution in [-0.4, -0.2) is 24.4 Å². The van der Waals surface area contributed by atoms with Crippen molar-refractivity contribution in [3.05, 3.63) is 0 Å². The van der Waals surface area contributed by atoms with Crippen molar-refractivity contribution in [2.45, 2.75) is 52.0 Å². The SMILES string of the molecule is CCC(CC)(CC)NC(=O)CCNC=O. The molecular formula is C11H22N2O2. The standard InChI is InChI=1S/C11H22N2O2/c1-4-11(5-2,6-3)13-10(15)7-8-12-9-14/h9H,4-8H2,1-3H3,(H,12,14)(H,13,15). The summed E-state index contributed by atoms with van der Waals surface area (Å²) in [6, 6.07) is 0. The molecule has 0 aliphatic heterocycles. The van der Waals surface area contributed by atoms with Gasteiger partial charge in [-0.05, 0) is 19.3 Å². The smallest absolute Gasteiger partial charge is 0.222 e. The van der Waals surface area contributed by atoms with Gasteiger partial charge < -0.3 is 10.6 Å². The Morgan fingerprint density at radius 3 is 2.13 bits per heavy atom. The highest BCUT2D eigenvalue weighted by Gasteiger charge is 2.25. The summed E-state index contributed by atoms with van der Waals surface area (Å²) in [5.41, 5.74) is -0.0712. The van der Waals surface area contributed by atoms with Crippen LogP contribution in [0, 0.1) is 0 Å². The largest absolute Gasteiger partial charge is 0.358 e. The molecule has 2 N–H and O–H groups in total. The van der Waals surface area contributed by atoms with Crippen molar-refractivity contribution in [3.8, 4) is 0 Å². The minimum atomic E-state index is -0.0712. The summed E-state index contributed by atoms with van der Waals surface area (Å²) in [6.45, 7) is 6.65. The molecule has 0 aromatic carbocycles. The molecule has 0 rings (SSSR count). The molecule has 4 heteroatoms. The third-order valence-electron chi connectivity index (χ3n) is 3.01. The van der Waals surface area contributed by atoms with Crippen molar-refractivity contribution in [2.24, 2.45) is 0 Å². The molecule has 0 fully saturated rings. The number of amides is 2. The van der Waals surface area contributed by atoms with Crippen molar-refractivity contribution in [1.29, 1.82) is 0 Å². The number of carbonyl (C=O) groups is 2. The summed E-state index contributed by atoms with van der Waals surface area (Å²) < 4.78 is 0. The molecule has 2 amide bonds. The average molecular weight is 214 g/mol. The molecule has 0 bridgehead atoms. The Morgan fingerprint density at radius 1 is 1.20 bits per heavy atom. The fourth-order valence-corrected chi connectivity index (χ4v) is 1.62. The van der Waals surface area contributed by atoms with Crippen molar-refractivity contribution in [1.82, 2.24) is 10.6 Å². The fraction of sp³-hybridized carbons (Fsp3) is 0.818. The highest BCUT2D eigenvalue weighted by atomic mass is 16.2. The summed E-state index contributed by atoms with van der Waals surface area (Å²) in [6.07, 6.45) is 3.77. The molecule has 0 aromatic rings. The van der Waals surface area contributed by atoms with Gasteiger partial charge in [-0.15, -0.1) is 0 Å². The Hall–Kier alpha value is -1.06. The first-order valence-corrected chi connectivity index (χ1v) is 5.62.